The molecule has 24 heavy (non-hydrogen) atoms. The number of halogens is 1. The van der Waals surface area contributed by atoms with Crippen molar-refractivity contribution in [1.82, 2.24) is 14.9 Å². The van der Waals surface area contributed by atoms with Gasteiger partial charge in [-0.2, -0.15) is 0 Å². The van der Waals surface area contributed by atoms with Crippen LogP contribution in [0.1, 0.15) is 26.6 Å². The molecule has 130 valence electrons. The van der Waals surface area contributed by atoms with Crippen molar-refractivity contribution in [3.8, 4) is 5.75 Å². The average Bonchev–Trinajstić information content (AvgIpc) is 2.86. The number of carbonyl (C=O) groups is 2. The lowest BCUT2D eigenvalue weighted by Gasteiger charge is -2.20. The molecule has 1 aromatic carbocycles. The van der Waals surface area contributed by atoms with Crippen LogP contribution in [0.4, 0.5) is 4.79 Å². The van der Waals surface area contributed by atoms with E-state index < -0.39 is 11.7 Å². The molecule has 7 nitrogen and oxygen atoms in total. The van der Waals surface area contributed by atoms with Crippen molar-refractivity contribution in [3.63, 3.8) is 0 Å². The lowest BCUT2D eigenvalue weighted by Crippen LogP contribution is -2.29. The summed E-state index contributed by atoms with van der Waals surface area (Å²) in [6.45, 7) is 5.99. The summed E-state index contributed by atoms with van der Waals surface area (Å²) in [6, 6.07) is 5.29. The second-order valence-electron chi connectivity index (χ2n) is 6.03. The molecule has 0 aliphatic carbocycles. The number of fused-ring (bicyclic) bond motifs is 1. The first-order valence-electron chi connectivity index (χ1n) is 7.46. The molecule has 0 unspecified atom stereocenters. The second kappa shape index (κ2) is 7.65. The van der Waals surface area contributed by atoms with Crippen LogP contribution in [-0.2, 0) is 16.1 Å². The number of alkyl halides is 1. The Hall–Kier alpha value is -2.09. The van der Waals surface area contributed by atoms with Crippen molar-refractivity contribution in [2.24, 2.45) is 0 Å². The largest absolute Gasteiger partial charge is 0.493 e. The van der Waals surface area contributed by atoms with Gasteiger partial charge in [0.15, 0.2) is 0 Å². The van der Waals surface area contributed by atoms with E-state index in [9.17, 15) is 9.59 Å². The van der Waals surface area contributed by atoms with Gasteiger partial charge >= 0.3 is 6.09 Å². The van der Waals surface area contributed by atoms with Crippen LogP contribution in [-0.4, -0.2) is 39.6 Å². The number of imidazole rings is 1. The molecule has 0 saturated heterocycles. The maximum atomic E-state index is 12.6. The number of ether oxygens (including phenoxy) is 2. The average molecular weight is 398 g/mol. The summed E-state index contributed by atoms with van der Waals surface area (Å²) in [6.07, 6.45) is 0.00824. The third-order valence-corrected chi connectivity index (χ3v) is 3.28. The molecule has 0 bridgehead atoms. The minimum atomic E-state index is -0.646. The van der Waals surface area contributed by atoms with Gasteiger partial charge in [-0.05, 0) is 32.9 Å². The van der Waals surface area contributed by atoms with Crippen LogP contribution in [0.3, 0.4) is 0 Å². The summed E-state index contributed by atoms with van der Waals surface area (Å²) < 4.78 is 12.4. The number of nitrogens with one attached hydrogen (secondary N) is 1. The Morgan fingerprint density at radius 3 is 2.79 bits per heavy atom. The molecule has 0 atom stereocenters. The first-order chi connectivity index (χ1) is 11.4. The van der Waals surface area contributed by atoms with Gasteiger partial charge in [0.1, 0.15) is 17.2 Å². The highest BCUT2D eigenvalue weighted by Crippen LogP contribution is 2.24. The monoisotopic (exact) mass is 397 g/mol. The summed E-state index contributed by atoms with van der Waals surface area (Å²) >= 11 is 3.30. The van der Waals surface area contributed by atoms with E-state index in [0.717, 1.165) is 0 Å². The van der Waals surface area contributed by atoms with Gasteiger partial charge in [-0.25, -0.2) is 14.3 Å². The Morgan fingerprint density at radius 2 is 2.17 bits per heavy atom. The SMILES string of the molecule is CC(C)(C)OC(=O)n1c(CNC=O)nc2ccc(OCCBr)cc21. The van der Waals surface area contributed by atoms with Gasteiger partial charge in [0.25, 0.3) is 0 Å². The van der Waals surface area contributed by atoms with E-state index in [4.69, 9.17) is 9.47 Å². The number of nitrogens with zero attached hydrogens (tertiary/aromatic N) is 2. The lowest BCUT2D eigenvalue weighted by atomic mass is 10.2. The predicted octanol–water partition coefficient (Wildman–Crippen LogP) is 2.84. The first kappa shape index (κ1) is 18.3. The zero-order valence-corrected chi connectivity index (χ0v) is 15.4. The maximum absolute atomic E-state index is 12.6. The number of hydrogen-bond acceptors (Lipinski definition) is 5. The van der Waals surface area contributed by atoms with E-state index in [-0.39, 0.29) is 6.54 Å². The van der Waals surface area contributed by atoms with Gasteiger partial charge in [0.05, 0.1) is 24.2 Å². The van der Waals surface area contributed by atoms with Gasteiger partial charge in [-0.3, -0.25) is 4.79 Å². The van der Waals surface area contributed by atoms with E-state index >= 15 is 0 Å². The van der Waals surface area contributed by atoms with E-state index in [1.54, 1.807) is 39.0 Å². The van der Waals surface area contributed by atoms with E-state index in [1.807, 2.05) is 0 Å². The van der Waals surface area contributed by atoms with E-state index in [1.165, 1.54) is 4.57 Å². The molecular weight excluding hydrogens is 378 g/mol. The van der Waals surface area contributed by atoms with Crippen LogP contribution in [0.5, 0.6) is 5.75 Å². The zero-order valence-electron chi connectivity index (χ0n) is 13.8. The van der Waals surface area contributed by atoms with Crippen LogP contribution in [0.2, 0.25) is 0 Å². The second-order valence-corrected chi connectivity index (χ2v) is 6.82. The molecular formula is C16H20BrN3O4. The highest BCUT2D eigenvalue weighted by atomic mass is 79.9. The van der Waals surface area contributed by atoms with Gasteiger partial charge in [-0.1, -0.05) is 15.9 Å². The maximum Gasteiger partial charge on any atom is 0.420 e. The van der Waals surface area contributed by atoms with E-state index in [0.29, 0.717) is 41.0 Å². The minimum Gasteiger partial charge on any atom is -0.493 e. The van der Waals surface area contributed by atoms with E-state index in [2.05, 4.69) is 26.2 Å². The number of rotatable bonds is 6. The van der Waals surface area contributed by atoms with Crippen molar-refractivity contribution < 1.29 is 19.1 Å². The van der Waals surface area contributed by atoms with Gasteiger partial charge in [0.2, 0.25) is 6.41 Å². The molecule has 2 aromatic rings. The Balaban J connectivity index is 2.48. The standard InChI is InChI=1S/C16H20BrN3O4/c1-16(2,3)24-15(22)20-13-8-11(23-7-6-17)4-5-12(13)19-14(20)9-18-10-21/h4-5,8,10H,6-7,9H2,1-3H3,(H,18,21). The zero-order chi connectivity index (χ0) is 17.7. The number of aromatic nitrogens is 2. The van der Waals surface area contributed by atoms with Gasteiger partial charge in [0, 0.05) is 11.4 Å². The smallest absolute Gasteiger partial charge is 0.420 e. The molecule has 0 aliphatic heterocycles. The minimum absolute atomic E-state index is 0.120. The van der Waals surface area contributed by atoms with Crippen LogP contribution in [0.15, 0.2) is 18.2 Å². The summed E-state index contributed by atoms with van der Waals surface area (Å²) in [5.74, 6) is 1.02. The number of carbonyl (C=O) groups excluding carboxylic acids is 2. The summed E-state index contributed by atoms with van der Waals surface area (Å²) in [5, 5.41) is 3.22. The van der Waals surface area contributed by atoms with Crippen molar-refractivity contribution in [2.75, 3.05) is 11.9 Å². The molecule has 1 aromatic heterocycles. The highest BCUT2D eigenvalue weighted by molar-refractivity contribution is 9.09. The fraction of sp³-hybridized carbons (Fsp3) is 0.438. The highest BCUT2D eigenvalue weighted by Gasteiger charge is 2.23. The van der Waals surface area contributed by atoms with Crippen molar-refractivity contribution in [2.45, 2.75) is 32.9 Å². The fourth-order valence-electron chi connectivity index (χ4n) is 2.11. The first-order valence-corrected chi connectivity index (χ1v) is 8.58. The van der Waals surface area contributed by atoms with Crippen LogP contribution >= 0.6 is 15.9 Å². The summed E-state index contributed by atoms with van der Waals surface area (Å²) in [7, 11) is 0. The third kappa shape index (κ3) is 4.47. The van der Waals surface area contributed by atoms with Crippen LogP contribution < -0.4 is 10.1 Å². The molecule has 1 amide bonds. The van der Waals surface area contributed by atoms with Gasteiger partial charge < -0.3 is 14.8 Å². The molecule has 0 saturated carbocycles. The van der Waals surface area contributed by atoms with Crippen LogP contribution in [0, 0.1) is 0 Å². The molecule has 0 fully saturated rings. The third-order valence-electron chi connectivity index (χ3n) is 2.96. The summed E-state index contributed by atoms with van der Waals surface area (Å²) in [4.78, 5) is 27.6. The Morgan fingerprint density at radius 1 is 1.42 bits per heavy atom. The molecule has 1 N–H and O–H groups in total. The molecule has 0 radical (unpaired) electrons. The van der Waals surface area contributed by atoms with Gasteiger partial charge in [-0.15, -0.1) is 0 Å². The molecule has 2 rings (SSSR count). The molecule has 8 heteroatoms. The lowest BCUT2D eigenvalue weighted by molar-refractivity contribution is -0.109. The molecule has 0 aliphatic rings. The Labute approximate surface area is 148 Å². The normalized spacial score (nSPS) is 11.3. The van der Waals surface area contributed by atoms with Crippen molar-refractivity contribution in [3.05, 3.63) is 24.0 Å². The molecule has 1 heterocycles. The Bertz CT molecular complexity index is 737. The van der Waals surface area contributed by atoms with Crippen molar-refractivity contribution in [1.29, 1.82) is 0 Å². The summed E-state index contributed by atoms with van der Waals surface area (Å²) in [5.41, 5.74) is 0.543. The van der Waals surface area contributed by atoms with Crippen LogP contribution in [0.25, 0.3) is 11.0 Å². The fourth-order valence-corrected chi connectivity index (χ4v) is 2.28. The van der Waals surface area contributed by atoms with Crippen molar-refractivity contribution >= 4 is 39.5 Å². The quantitative estimate of drug-likeness (QED) is 0.598. The predicted molar refractivity (Wildman–Crippen MR) is 93.6 cm³/mol. The number of amides is 1. The number of benzene rings is 1. The molecule has 0 spiro atoms. The number of hydrogen-bond donors (Lipinski definition) is 1. The Kier molecular flexibility index (Phi) is 5.82. The topological polar surface area (TPSA) is 82.5 Å².